The molecule has 0 fully saturated rings. The minimum Gasteiger partial charge on any atom is -0.750 e. The van der Waals surface area contributed by atoms with Gasteiger partial charge >= 0.3 is 0 Å². The molecule has 0 aliphatic rings. The number of rotatable bonds is 7. The molecule has 5 nitrogen and oxygen atoms in total. The van der Waals surface area contributed by atoms with Crippen LogP contribution in [0.2, 0.25) is 0 Å². The van der Waals surface area contributed by atoms with Crippen LogP contribution in [0.5, 0.6) is 0 Å². The van der Waals surface area contributed by atoms with Gasteiger partial charge in [0, 0.05) is 37.3 Å². The number of benzene rings is 1. The van der Waals surface area contributed by atoms with Crippen molar-refractivity contribution in [3.05, 3.63) is 59.9 Å². The Morgan fingerprint density at radius 3 is 1.88 bits per heavy atom. The molecule has 0 spiro atoms. The Bertz CT molecular complexity index is 677. The maximum absolute atomic E-state index is 8.56. The molecule has 0 amide bonds. The Morgan fingerprint density at radius 2 is 1.46 bits per heavy atom. The highest BCUT2D eigenvalue weighted by atomic mass is 32.2. The summed E-state index contributed by atoms with van der Waals surface area (Å²) in [6.45, 7) is 9.76. The Morgan fingerprint density at radius 1 is 1.00 bits per heavy atom. The third-order valence-corrected chi connectivity index (χ3v) is 3.89. The van der Waals surface area contributed by atoms with Crippen molar-refractivity contribution in [2.24, 2.45) is 0 Å². The van der Waals surface area contributed by atoms with Gasteiger partial charge in [-0.15, -0.1) is 0 Å². The molecule has 0 saturated carbocycles. The Labute approximate surface area is 159 Å². The first-order chi connectivity index (χ1) is 12.5. The molecule has 0 aliphatic carbocycles. The first-order valence-corrected chi connectivity index (χ1v) is 9.83. The lowest BCUT2D eigenvalue weighted by Crippen LogP contribution is -2.31. The van der Waals surface area contributed by atoms with E-state index in [4.69, 9.17) is 13.3 Å². The van der Waals surface area contributed by atoms with Crippen molar-refractivity contribution in [2.45, 2.75) is 33.7 Å². The van der Waals surface area contributed by atoms with Crippen LogP contribution < -0.4 is 9.47 Å². The van der Waals surface area contributed by atoms with Crippen LogP contribution in [0.1, 0.15) is 38.3 Å². The summed E-state index contributed by atoms with van der Waals surface area (Å²) < 4.78 is 26.3. The first-order valence-electron chi connectivity index (χ1n) is 8.80. The van der Waals surface area contributed by atoms with E-state index in [9.17, 15) is 0 Å². The normalized spacial score (nSPS) is 11.7. The molecule has 1 aromatic heterocycles. The fourth-order valence-electron chi connectivity index (χ4n) is 2.56. The lowest BCUT2D eigenvalue weighted by molar-refractivity contribution is -0.697. The molecule has 142 valence electrons. The van der Waals surface area contributed by atoms with Crippen molar-refractivity contribution < 1.29 is 17.9 Å². The van der Waals surface area contributed by atoms with E-state index in [-0.39, 0.29) is 0 Å². The van der Waals surface area contributed by atoms with Gasteiger partial charge < -0.3 is 14.0 Å². The van der Waals surface area contributed by atoms with Crippen molar-refractivity contribution in [1.82, 2.24) is 0 Å². The van der Waals surface area contributed by atoms with Crippen molar-refractivity contribution in [2.75, 3.05) is 18.0 Å². The largest absolute Gasteiger partial charge is 0.750 e. The van der Waals surface area contributed by atoms with Gasteiger partial charge in [-0.25, -0.2) is 8.78 Å². The molecule has 1 atom stereocenters. The number of anilines is 1. The van der Waals surface area contributed by atoms with E-state index < -0.39 is 11.4 Å². The number of hydrogen-bond donors (Lipinski definition) is 1. The number of hydrogen-bond acceptors (Lipinski definition) is 3. The van der Waals surface area contributed by atoms with Crippen LogP contribution >= 0.6 is 0 Å². The van der Waals surface area contributed by atoms with Crippen LogP contribution in [0.15, 0.2) is 48.8 Å². The maximum Gasteiger partial charge on any atom is 0.169 e. The molecular weight excluding hydrogens is 348 g/mol. The second-order valence-corrected chi connectivity index (χ2v) is 6.12. The van der Waals surface area contributed by atoms with Crippen molar-refractivity contribution >= 4 is 29.2 Å². The van der Waals surface area contributed by atoms with Gasteiger partial charge in [0.1, 0.15) is 6.54 Å². The monoisotopic (exact) mass is 376 g/mol. The van der Waals surface area contributed by atoms with Crippen LogP contribution in [0.25, 0.3) is 12.2 Å². The number of nitrogens with zero attached hydrogens (tertiary/aromatic N) is 2. The molecule has 1 N–H and O–H groups in total. The van der Waals surface area contributed by atoms with Gasteiger partial charge in [0.05, 0.1) is 11.4 Å². The zero-order valence-corrected chi connectivity index (χ0v) is 16.5. The van der Waals surface area contributed by atoms with E-state index in [1.807, 2.05) is 0 Å². The third-order valence-electron chi connectivity index (χ3n) is 3.89. The molecule has 6 heteroatoms. The van der Waals surface area contributed by atoms with Gasteiger partial charge in [0.25, 0.3) is 0 Å². The Kier molecular flexibility index (Phi) is 10.5. The quantitative estimate of drug-likeness (QED) is 0.590. The SMILES string of the molecule is CCC[n+]1ccc(C=Cc2ccc(N(CC)CC)cc2)cc1.O=S([O-])O. The average Bonchev–Trinajstić information content (AvgIpc) is 2.63. The molecule has 2 rings (SSSR count). The van der Waals surface area contributed by atoms with E-state index in [1.165, 1.54) is 23.2 Å². The number of pyridine rings is 1. The summed E-state index contributed by atoms with van der Waals surface area (Å²) >= 11 is -2.86. The van der Waals surface area contributed by atoms with E-state index in [0.717, 1.165) is 19.6 Å². The Hall–Kier alpha value is -2.02. The summed E-state index contributed by atoms with van der Waals surface area (Å²) in [6, 6.07) is 13.1. The first kappa shape index (κ1) is 22.0. The van der Waals surface area contributed by atoms with Gasteiger partial charge in [0.2, 0.25) is 0 Å². The van der Waals surface area contributed by atoms with Crippen molar-refractivity contribution in [1.29, 1.82) is 0 Å². The van der Waals surface area contributed by atoms with Crippen LogP contribution in [-0.4, -0.2) is 26.4 Å². The molecule has 0 aliphatic heterocycles. The van der Waals surface area contributed by atoms with Crippen molar-refractivity contribution in [3.63, 3.8) is 0 Å². The lowest BCUT2D eigenvalue weighted by Gasteiger charge is -2.20. The highest BCUT2D eigenvalue weighted by molar-refractivity contribution is 7.73. The summed E-state index contributed by atoms with van der Waals surface area (Å²) in [5, 5.41) is 0. The topological polar surface area (TPSA) is 67.5 Å². The molecule has 1 unspecified atom stereocenters. The zero-order valence-electron chi connectivity index (χ0n) is 15.7. The van der Waals surface area contributed by atoms with Crippen LogP contribution in [-0.2, 0) is 17.9 Å². The third kappa shape index (κ3) is 8.38. The van der Waals surface area contributed by atoms with Gasteiger partial charge in [-0.2, -0.15) is 0 Å². The lowest BCUT2D eigenvalue weighted by atomic mass is 10.1. The molecule has 26 heavy (non-hydrogen) atoms. The molecular formula is C20H28N2O3S. The smallest absolute Gasteiger partial charge is 0.169 e. The van der Waals surface area contributed by atoms with E-state index in [1.54, 1.807) is 0 Å². The van der Waals surface area contributed by atoms with Crippen LogP contribution in [0.4, 0.5) is 5.69 Å². The molecule has 0 saturated heterocycles. The van der Waals surface area contributed by atoms with Gasteiger partial charge in [-0.3, -0.25) is 0 Å². The maximum atomic E-state index is 8.56. The summed E-state index contributed by atoms with van der Waals surface area (Å²) in [6.07, 6.45) is 9.80. The molecule has 1 heterocycles. The van der Waals surface area contributed by atoms with E-state index in [0.29, 0.717) is 0 Å². The van der Waals surface area contributed by atoms with Gasteiger partial charge in [-0.05, 0) is 37.1 Å². The number of aromatic nitrogens is 1. The molecule has 0 radical (unpaired) electrons. The van der Waals surface area contributed by atoms with Gasteiger partial charge in [-0.1, -0.05) is 31.2 Å². The summed E-state index contributed by atoms with van der Waals surface area (Å²) in [5.74, 6) is 0. The molecule has 0 bridgehead atoms. The standard InChI is InChI=1S/C20H27N2.H2O3S/c1-4-15-21-16-13-19(14-17-21)8-7-18-9-11-20(12-10-18)22(5-2)6-3;1-4(2)3/h7-14,16-17H,4-6,15H2,1-3H3;(H2,1,2,3)/q+1;/p-1. The average molecular weight is 377 g/mol. The van der Waals surface area contributed by atoms with Crippen LogP contribution in [0.3, 0.4) is 0 Å². The van der Waals surface area contributed by atoms with E-state index in [2.05, 4.69) is 91.2 Å². The Balaban J connectivity index is 0.000000765. The fourth-order valence-corrected chi connectivity index (χ4v) is 2.56. The van der Waals surface area contributed by atoms with Crippen LogP contribution in [0, 0.1) is 0 Å². The zero-order chi connectivity index (χ0) is 19.4. The fraction of sp³-hybridized carbons (Fsp3) is 0.350. The molecule has 2 aromatic rings. The van der Waals surface area contributed by atoms with Gasteiger partial charge in [0.15, 0.2) is 12.4 Å². The molecule has 1 aromatic carbocycles. The predicted molar refractivity (Wildman–Crippen MR) is 107 cm³/mol. The summed E-state index contributed by atoms with van der Waals surface area (Å²) in [5.41, 5.74) is 3.77. The highest BCUT2D eigenvalue weighted by Crippen LogP contribution is 2.16. The minimum absolute atomic E-state index is 1.05. The van der Waals surface area contributed by atoms with Crippen molar-refractivity contribution in [3.8, 4) is 0 Å². The summed E-state index contributed by atoms with van der Waals surface area (Å²) in [4.78, 5) is 2.36. The summed E-state index contributed by atoms with van der Waals surface area (Å²) in [7, 11) is 0. The predicted octanol–water partition coefficient (Wildman–Crippen LogP) is 3.74. The minimum atomic E-state index is -2.86. The highest BCUT2D eigenvalue weighted by Gasteiger charge is 2.00. The second-order valence-electron chi connectivity index (χ2n) is 5.68. The number of aryl methyl sites for hydroxylation is 1. The van der Waals surface area contributed by atoms with E-state index >= 15 is 0 Å². The second kappa shape index (κ2) is 12.4.